The van der Waals surface area contributed by atoms with Crippen LogP contribution in [0.5, 0.6) is 0 Å². The van der Waals surface area contributed by atoms with Gasteiger partial charge in [-0.3, -0.25) is 0 Å². The summed E-state index contributed by atoms with van der Waals surface area (Å²) < 4.78 is 12.2. The molecule has 0 radical (unpaired) electrons. The van der Waals surface area contributed by atoms with Gasteiger partial charge in [-0.25, -0.2) is 4.39 Å². The van der Waals surface area contributed by atoms with Gasteiger partial charge in [0.25, 0.3) is 0 Å². The molecule has 0 amide bonds. The minimum atomic E-state index is -0.283. The van der Waals surface area contributed by atoms with Crippen LogP contribution < -0.4 is 5.48 Å². The van der Waals surface area contributed by atoms with Crippen molar-refractivity contribution in [3.63, 3.8) is 0 Å². The standard InChI is InChI=1S/C7H7FNO/c8-7-3-1-6(2-4-7)5-9-10/h1-4,9H,5H2/q-1. The Bertz CT molecular complexity index is 197. The summed E-state index contributed by atoms with van der Waals surface area (Å²) in [6, 6.07) is 5.79. The molecule has 0 heterocycles. The molecule has 0 saturated heterocycles. The lowest BCUT2D eigenvalue weighted by molar-refractivity contribution is 0.626. The average Bonchev–Trinajstić information content (AvgIpc) is 1.95. The third kappa shape index (κ3) is 1.79. The van der Waals surface area contributed by atoms with Crippen LogP contribution >= 0.6 is 0 Å². The molecule has 1 aromatic rings. The van der Waals surface area contributed by atoms with E-state index in [0.29, 0.717) is 0 Å². The molecular formula is C7H7FNO-. The Balaban J connectivity index is 2.69. The summed E-state index contributed by atoms with van der Waals surface area (Å²) in [6.45, 7) is 0.236. The van der Waals surface area contributed by atoms with Crippen LogP contribution in [0.2, 0.25) is 0 Å². The minimum absolute atomic E-state index is 0.236. The van der Waals surface area contributed by atoms with Crippen LogP contribution in [-0.4, -0.2) is 0 Å². The van der Waals surface area contributed by atoms with E-state index in [-0.39, 0.29) is 12.4 Å². The van der Waals surface area contributed by atoms with E-state index < -0.39 is 0 Å². The molecule has 10 heavy (non-hydrogen) atoms. The van der Waals surface area contributed by atoms with Gasteiger partial charge in [-0.15, -0.1) is 0 Å². The first kappa shape index (κ1) is 7.18. The molecule has 0 spiro atoms. The number of rotatable bonds is 2. The van der Waals surface area contributed by atoms with E-state index in [9.17, 15) is 9.60 Å². The van der Waals surface area contributed by atoms with Gasteiger partial charge < -0.3 is 10.7 Å². The van der Waals surface area contributed by atoms with Gasteiger partial charge in [0.05, 0.1) is 0 Å². The summed E-state index contributed by atoms with van der Waals surface area (Å²) in [5.41, 5.74) is 2.52. The van der Waals surface area contributed by atoms with Crippen molar-refractivity contribution in [3.05, 3.63) is 40.9 Å². The normalized spacial score (nSPS) is 9.80. The SMILES string of the molecule is [O-]NCc1ccc(F)cc1. The first-order valence-electron chi connectivity index (χ1n) is 2.92. The van der Waals surface area contributed by atoms with Crippen molar-refractivity contribution >= 4 is 0 Å². The fraction of sp³-hybridized carbons (Fsp3) is 0.143. The maximum atomic E-state index is 12.2. The Morgan fingerprint density at radius 1 is 1.30 bits per heavy atom. The molecule has 54 valence electrons. The average molecular weight is 140 g/mol. The summed E-state index contributed by atoms with van der Waals surface area (Å²) in [4.78, 5) is 0. The summed E-state index contributed by atoms with van der Waals surface area (Å²) in [6.07, 6.45) is 0. The second-order valence-corrected chi connectivity index (χ2v) is 1.95. The highest BCUT2D eigenvalue weighted by Crippen LogP contribution is 2.01. The topological polar surface area (TPSA) is 35.1 Å². The zero-order valence-corrected chi connectivity index (χ0v) is 5.30. The fourth-order valence-corrected chi connectivity index (χ4v) is 0.686. The van der Waals surface area contributed by atoms with Crippen LogP contribution in [0.3, 0.4) is 0 Å². The van der Waals surface area contributed by atoms with Gasteiger partial charge in [0.15, 0.2) is 0 Å². The number of nitrogens with one attached hydrogen (secondary N) is 1. The van der Waals surface area contributed by atoms with Crippen LogP contribution in [0.1, 0.15) is 5.56 Å². The molecule has 0 aromatic heterocycles. The van der Waals surface area contributed by atoms with Crippen LogP contribution in [-0.2, 0) is 6.54 Å². The highest BCUT2D eigenvalue weighted by atomic mass is 19.1. The van der Waals surface area contributed by atoms with Gasteiger partial charge in [-0.05, 0) is 17.7 Å². The van der Waals surface area contributed by atoms with Crippen molar-refractivity contribution in [1.29, 1.82) is 0 Å². The number of hydrogen-bond acceptors (Lipinski definition) is 2. The second-order valence-electron chi connectivity index (χ2n) is 1.95. The zero-order valence-electron chi connectivity index (χ0n) is 5.30. The Labute approximate surface area is 58.3 Å². The lowest BCUT2D eigenvalue weighted by atomic mass is 10.2. The molecule has 1 aromatic carbocycles. The molecule has 0 aliphatic rings. The van der Waals surface area contributed by atoms with E-state index in [1.165, 1.54) is 12.1 Å². The highest BCUT2D eigenvalue weighted by Gasteiger charge is 1.88. The van der Waals surface area contributed by atoms with Gasteiger partial charge in [0.1, 0.15) is 5.82 Å². The van der Waals surface area contributed by atoms with Crippen LogP contribution in [0.25, 0.3) is 0 Å². The van der Waals surface area contributed by atoms with E-state index in [4.69, 9.17) is 0 Å². The third-order valence-electron chi connectivity index (χ3n) is 1.19. The van der Waals surface area contributed by atoms with E-state index >= 15 is 0 Å². The summed E-state index contributed by atoms with van der Waals surface area (Å²) >= 11 is 0. The van der Waals surface area contributed by atoms with Gasteiger partial charge in [-0.2, -0.15) is 0 Å². The molecule has 0 bridgehead atoms. The summed E-state index contributed by atoms with van der Waals surface area (Å²) in [7, 11) is 0. The third-order valence-corrected chi connectivity index (χ3v) is 1.19. The maximum Gasteiger partial charge on any atom is 0.123 e. The van der Waals surface area contributed by atoms with E-state index in [1.807, 2.05) is 0 Å². The van der Waals surface area contributed by atoms with Crippen molar-refractivity contribution in [2.45, 2.75) is 6.54 Å². The van der Waals surface area contributed by atoms with E-state index in [2.05, 4.69) is 0 Å². The van der Waals surface area contributed by atoms with Gasteiger partial charge in [0.2, 0.25) is 0 Å². The molecule has 0 aliphatic carbocycles. The molecule has 1 N–H and O–H groups in total. The molecule has 0 unspecified atom stereocenters. The van der Waals surface area contributed by atoms with Crippen molar-refractivity contribution in [2.24, 2.45) is 0 Å². The Morgan fingerprint density at radius 2 is 1.90 bits per heavy atom. The van der Waals surface area contributed by atoms with Gasteiger partial charge >= 0.3 is 0 Å². The maximum absolute atomic E-state index is 12.2. The van der Waals surface area contributed by atoms with Gasteiger partial charge in [-0.1, -0.05) is 12.1 Å². The minimum Gasteiger partial charge on any atom is -0.788 e. The number of halogens is 1. The second kappa shape index (κ2) is 3.29. The molecule has 0 atom stereocenters. The molecule has 0 saturated carbocycles. The van der Waals surface area contributed by atoms with E-state index in [0.717, 1.165) is 5.56 Å². The summed E-state index contributed by atoms with van der Waals surface area (Å²) in [5.74, 6) is -0.283. The molecule has 1 rings (SSSR count). The molecule has 3 heteroatoms. The Kier molecular flexibility index (Phi) is 2.36. The van der Waals surface area contributed by atoms with Crippen LogP contribution in [0.15, 0.2) is 24.3 Å². The first-order valence-corrected chi connectivity index (χ1v) is 2.92. The van der Waals surface area contributed by atoms with Crippen molar-refractivity contribution in [3.8, 4) is 0 Å². The van der Waals surface area contributed by atoms with Crippen LogP contribution in [0, 0.1) is 11.0 Å². The molecular weight excluding hydrogens is 133 g/mol. The van der Waals surface area contributed by atoms with Gasteiger partial charge in [0, 0.05) is 6.54 Å². The predicted octanol–water partition coefficient (Wildman–Crippen LogP) is 1.41. The summed E-state index contributed by atoms with van der Waals surface area (Å²) in [5, 5.41) is 9.84. The molecule has 2 nitrogen and oxygen atoms in total. The number of benzene rings is 1. The monoisotopic (exact) mass is 140 g/mol. The van der Waals surface area contributed by atoms with Crippen LogP contribution in [0.4, 0.5) is 4.39 Å². The number of hydroxylamine groups is 1. The largest absolute Gasteiger partial charge is 0.788 e. The Morgan fingerprint density at radius 3 is 2.40 bits per heavy atom. The molecule has 0 aliphatic heterocycles. The lowest BCUT2D eigenvalue weighted by Crippen LogP contribution is -2.01. The highest BCUT2D eigenvalue weighted by molar-refractivity contribution is 5.15. The zero-order chi connectivity index (χ0) is 7.40. The van der Waals surface area contributed by atoms with Crippen molar-refractivity contribution in [1.82, 2.24) is 5.48 Å². The van der Waals surface area contributed by atoms with Crippen molar-refractivity contribution in [2.75, 3.05) is 0 Å². The predicted molar refractivity (Wildman–Crippen MR) is 36.6 cm³/mol. The molecule has 0 fully saturated rings. The number of hydrogen-bond donors (Lipinski definition) is 1. The smallest absolute Gasteiger partial charge is 0.123 e. The van der Waals surface area contributed by atoms with E-state index in [1.54, 1.807) is 17.6 Å². The Hall–Kier alpha value is -0.930. The van der Waals surface area contributed by atoms with Crippen molar-refractivity contribution < 1.29 is 4.39 Å². The lowest BCUT2D eigenvalue weighted by Gasteiger charge is -2.05. The quantitative estimate of drug-likeness (QED) is 0.630. The first-order chi connectivity index (χ1) is 4.83. The fourth-order valence-electron chi connectivity index (χ4n) is 0.686.